The molecule has 0 aliphatic carbocycles. The van der Waals surface area contributed by atoms with Crippen molar-refractivity contribution in [1.29, 1.82) is 0 Å². The summed E-state index contributed by atoms with van der Waals surface area (Å²) in [5.74, 6) is -0.996. The van der Waals surface area contributed by atoms with Crippen LogP contribution in [0.3, 0.4) is 0 Å². The summed E-state index contributed by atoms with van der Waals surface area (Å²) in [7, 11) is 0. The largest absolute Gasteiger partial charge is 0.462 e. The average molecular weight is 1090 g/mol. The van der Waals surface area contributed by atoms with E-state index in [1.54, 1.807) is 0 Å². The third kappa shape index (κ3) is 64.3. The molecule has 1 atom stereocenters. The molecule has 0 heterocycles. The van der Waals surface area contributed by atoms with E-state index in [1.807, 2.05) is 6.08 Å². The smallest absolute Gasteiger partial charge is 0.306 e. The van der Waals surface area contributed by atoms with Crippen molar-refractivity contribution in [2.24, 2.45) is 0 Å². The summed E-state index contributed by atoms with van der Waals surface area (Å²) in [6.45, 7) is 6.34. The fraction of sp³-hybridized carbons (Fsp3) is 0.658. The van der Waals surface area contributed by atoms with Gasteiger partial charge in [-0.15, -0.1) is 0 Å². The highest BCUT2D eigenvalue weighted by Crippen LogP contribution is 2.16. The highest BCUT2D eigenvalue weighted by molar-refractivity contribution is 5.71. The summed E-state index contributed by atoms with van der Waals surface area (Å²) in [6.07, 6.45) is 93.3. The molecule has 0 aromatic rings. The van der Waals surface area contributed by atoms with Crippen molar-refractivity contribution in [3.63, 3.8) is 0 Å². The summed E-state index contributed by atoms with van der Waals surface area (Å²) in [4.78, 5) is 38.3. The Balaban J connectivity index is 4.38. The summed E-state index contributed by atoms with van der Waals surface area (Å²) in [6, 6.07) is 0. The van der Waals surface area contributed by atoms with Crippen LogP contribution in [0.4, 0.5) is 0 Å². The number of ether oxygens (including phenoxy) is 3. The number of allylic oxidation sites excluding steroid dienone is 22. The van der Waals surface area contributed by atoms with Crippen LogP contribution >= 0.6 is 0 Å². The Hall–Kier alpha value is -4.45. The zero-order valence-electron chi connectivity index (χ0n) is 51.3. The predicted octanol–water partition coefficient (Wildman–Crippen LogP) is 22.5. The van der Waals surface area contributed by atoms with E-state index in [9.17, 15) is 14.4 Å². The van der Waals surface area contributed by atoms with Crippen molar-refractivity contribution in [3.05, 3.63) is 134 Å². The highest BCUT2D eigenvalue weighted by atomic mass is 16.6. The van der Waals surface area contributed by atoms with Crippen molar-refractivity contribution in [3.8, 4) is 0 Å². The topological polar surface area (TPSA) is 78.9 Å². The zero-order valence-corrected chi connectivity index (χ0v) is 51.3. The van der Waals surface area contributed by atoms with Crippen molar-refractivity contribution >= 4 is 17.9 Å². The number of rotatable bonds is 58. The van der Waals surface area contributed by atoms with Gasteiger partial charge in [0, 0.05) is 19.3 Å². The van der Waals surface area contributed by atoms with Crippen LogP contribution in [0.25, 0.3) is 0 Å². The van der Waals surface area contributed by atoms with Gasteiger partial charge in [-0.1, -0.05) is 283 Å². The minimum atomic E-state index is -0.816. The molecule has 0 fully saturated rings. The van der Waals surface area contributed by atoms with Crippen LogP contribution in [0.2, 0.25) is 0 Å². The van der Waals surface area contributed by atoms with Gasteiger partial charge in [-0.05, 0) is 122 Å². The molecule has 448 valence electrons. The van der Waals surface area contributed by atoms with Gasteiger partial charge in [0.15, 0.2) is 6.10 Å². The van der Waals surface area contributed by atoms with Gasteiger partial charge >= 0.3 is 17.9 Å². The first-order chi connectivity index (χ1) is 39.0. The summed E-state index contributed by atoms with van der Waals surface area (Å²) in [5.41, 5.74) is 0. The van der Waals surface area contributed by atoms with E-state index in [0.717, 1.165) is 109 Å². The number of hydrogen-bond donors (Lipinski definition) is 0. The Morgan fingerprint density at radius 3 is 0.848 bits per heavy atom. The molecule has 0 aliphatic heterocycles. The number of hydrogen-bond acceptors (Lipinski definition) is 6. The van der Waals surface area contributed by atoms with Gasteiger partial charge in [0.1, 0.15) is 13.2 Å². The molecule has 1 unspecified atom stereocenters. The van der Waals surface area contributed by atoms with E-state index in [4.69, 9.17) is 14.2 Å². The maximum atomic E-state index is 12.9. The molecule has 0 N–H and O–H groups in total. The quantitative estimate of drug-likeness (QED) is 0.0261. The van der Waals surface area contributed by atoms with E-state index in [1.165, 1.54) is 135 Å². The first-order valence-corrected chi connectivity index (χ1v) is 32.7. The van der Waals surface area contributed by atoms with Crippen LogP contribution in [0, 0.1) is 0 Å². The Labute approximate surface area is 487 Å². The first kappa shape index (κ1) is 74.5. The van der Waals surface area contributed by atoms with Crippen LogP contribution in [0.1, 0.15) is 290 Å². The second kappa shape index (κ2) is 66.1. The van der Waals surface area contributed by atoms with Crippen LogP contribution in [0.15, 0.2) is 134 Å². The fourth-order valence-corrected chi connectivity index (χ4v) is 8.81. The molecule has 0 amide bonds. The highest BCUT2D eigenvalue weighted by Gasteiger charge is 2.19. The molecule has 79 heavy (non-hydrogen) atoms. The Bertz CT molecular complexity index is 1680. The monoisotopic (exact) mass is 1090 g/mol. The van der Waals surface area contributed by atoms with Gasteiger partial charge < -0.3 is 14.2 Å². The number of unbranched alkanes of at least 4 members (excludes halogenated alkanes) is 25. The molecule has 0 bridgehead atoms. The number of carbonyl (C=O) groups is 3. The van der Waals surface area contributed by atoms with Gasteiger partial charge in [0.2, 0.25) is 0 Å². The third-order valence-electron chi connectivity index (χ3n) is 13.6. The molecule has 0 aliphatic rings. The maximum Gasteiger partial charge on any atom is 0.306 e. The van der Waals surface area contributed by atoms with Gasteiger partial charge in [-0.25, -0.2) is 0 Å². The second-order valence-corrected chi connectivity index (χ2v) is 21.3. The van der Waals surface area contributed by atoms with Crippen LogP contribution in [-0.4, -0.2) is 37.2 Å². The summed E-state index contributed by atoms with van der Waals surface area (Å²) >= 11 is 0. The summed E-state index contributed by atoms with van der Waals surface area (Å²) in [5, 5.41) is 0. The number of esters is 3. The van der Waals surface area contributed by atoms with Gasteiger partial charge in [-0.3, -0.25) is 14.4 Å². The van der Waals surface area contributed by atoms with Crippen LogP contribution in [-0.2, 0) is 28.6 Å². The van der Waals surface area contributed by atoms with Crippen molar-refractivity contribution < 1.29 is 28.6 Å². The van der Waals surface area contributed by atoms with E-state index < -0.39 is 6.10 Å². The number of carbonyl (C=O) groups excluding carboxylic acids is 3. The van der Waals surface area contributed by atoms with E-state index in [2.05, 4.69) is 148 Å². The summed E-state index contributed by atoms with van der Waals surface area (Å²) < 4.78 is 16.9. The molecular weight excluding hydrogens is 973 g/mol. The standard InChI is InChI=1S/C73H120O6/c1-4-7-10-13-16-19-22-25-27-29-31-33-35-36-38-39-41-43-45-48-51-54-57-60-63-66-72(75)78-69-70(68-77-71(74)65-62-59-56-53-50-47-24-21-18-15-12-9-6-3)79-73(76)67-64-61-58-55-52-49-46-44-42-40-37-34-32-30-28-26-23-20-17-14-11-8-5-2/h7,9-10,12,16,18-19,21,23,25-27,30-33,36,38,47,50,56,59,70H,4-6,8,11,13-15,17,20,22,24,28-29,34-35,37,39-46,48-49,51-55,57-58,60-69H2,1-3H3/b10-7-,12-9-,19-16-,21-18-,26-23-,27-25-,32-30-,33-31-,38-36-,50-47-,59-56-. The van der Waals surface area contributed by atoms with Crippen molar-refractivity contribution in [2.75, 3.05) is 13.2 Å². The lowest BCUT2D eigenvalue weighted by Gasteiger charge is -2.18. The van der Waals surface area contributed by atoms with Gasteiger partial charge in [0.05, 0.1) is 0 Å². The molecular formula is C73H120O6. The SMILES string of the molecule is CC/C=C\C/C=C\C/C=C\C/C=C\C/C=C\CCCCCCCCCCCC(=O)OCC(COC(=O)CC/C=C\C/C=C\C/C=C\C/C=C\CC)OC(=O)CCCCCCCCCCCCC/C=C\C/C=C\CCCCCCC. The zero-order chi connectivity index (χ0) is 57.1. The normalized spacial score (nSPS) is 13.0. The molecule has 0 radical (unpaired) electrons. The Morgan fingerprint density at radius 2 is 0.519 bits per heavy atom. The van der Waals surface area contributed by atoms with Gasteiger partial charge in [0.25, 0.3) is 0 Å². The van der Waals surface area contributed by atoms with E-state index in [0.29, 0.717) is 19.3 Å². The van der Waals surface area contributed by atoms with Crippen molar-refractivity contribution in [1.82, 2.24) is 0 Å². The molecule has 0 rings (SSSR count). The average Bonchev–Trinajstić information content (AvgIpc) is 3.45. The minimum Gasteiger partial charge on any atom is -0.462 e. The van der Waals surface area contributed by atoms with Gasteiger partial charge in [-0.2, -0.15) is 0 Å². The second-order valence-electron chi connectivity index (χ2n) is 21.3. The van der Waals surface area contributed by atoms with Crippen LogP contribution in [0.5, 0.6) is 0 Å². The van der Waals surface area contributed by atoms with E-state index in [-0.39, 0.29) is 37.5 Å². The Morgan fingerprint density at radius 1 is 0.266 bits per heavy atom. The Kier molecular flexibility index (Phi) is 62.3. The maximum absolute atomic E-state index is 12.9. The lowest BCUT2D eigenvalue weighted by molar-refractivity contribution is -0.166. The first-order valence-electron chi connectivity index (χ1n) is 32.7. The molecule has 0 aromatic carbocycles. The molecule has 6 heteroatoms. The lowest BCUT2D eigenvalue weighted by atomic mass is 10.0. The van der Waals surface area contributed by atoms with Crippen molar-refractivity contribution in [2.45, 2.75) is 297 Å². The fourth-order valence-electron chi connectivity index (χ4n) is 8.81. The molecule has 6 nitrogen and oxygen atoms in total. The molecule has 0 spiro atoms. The lowest BCUT2D eigenvalue weighted by Crippen LogP contribution is -2.30. The van der Waals surface area contributed by atoms with Crippen LogP contribution < -0.4 is 0 Å². The third-order valence-corrected chi connectivity index (χ3v) is 13.6. The molecule has 0 aromatic heterocycles. The van der Waals surface area contributed by atoms with E-state index >= 15 is 0 Å². The minimum absolute atomic E-state index is 0.107. The molecule has 0 saturated carbocycles. The predicted molar refractivity (Wildman–Crippen MR) is 343 cm³/mol. The molecule has 0 saturated heterocycles.